The van der Waals surface area contributed by atoms with Crippen LogP contribution in [0.25, 0.3) is 0 Å². The number of allylic oxidation sites excluding steroid dienone is 2. The molecule has 0 amide bonds. The van der Waals surface area contributed by atoms with Crippen LogP contribution < -0.4 is 5.32 Å². The van der Waals surface area contributed by atoms with Crippen LogP contribution in [0.5, 0.6) is 0 Å². The van der Waals surface area contributed by atoms with Gasteiger partial charge in [-0.1, -0.05) is 41.0 Å². The molecule has 0 aromatic rings. The van der Waals surface area contributed by atoms with E-state index in [-0.39, 0.29) is 17.0 Å². The van der Waals surface area contributed by atoms with E-state index in [9.17, 15) is 9.59 Å². The lowest BCUT2D eigenvalue weighted by atomic mass is 9.84. The summed E-state index contributed by atoms with van der Waals surface area (Å²) in [6.45, 7) is 11.4. The first-order valence-corrected chi connectivity index (χ1v) is 8.30. The minimum absolute atomic E-state index is 0.0298. The second kappa shape index (κ2) is 7.77. The third-order valence-corrected chi connectivity index (χ3v) is 4.01. The van der Waals surface area contributed by atoms with Crippen molar-refractivity contribution >= 4 is 11.6 Å². The molecule has 1 aliphatic rings. The molecule has 0 aromatic heterocycles. The van der Waals surface area contributed by atoms with Gasteiger partial charge >= 0.3 is 0 Å². The fourth-order valence-corrected chi connectivity index (χ4v) is 2.77. The zero-order valence-electron chi connectivity index (χ0n) is 14.3. The summed E-state index contributed by atoms with van der Waals surface area (Å²) < 4.78 is 0. The molecule has 0 spiro atoms. The summed E-state index contributed by atoms with van der Waals surface area (Å²) in [6.07, 6.45) is 4.70. The number of hydrogen-bond acceptors (Lipinski definition) is 3. The fourth-order valence-electron chi connectivity index (χ4n) is 2.77. The van der Waals surface area contributed by atoms with Crippen LogP contribution in [0.1, 0.15) is 73.1 Å². The van der Waals surface area contributed by atoms with Gasteiger partial charge in [-0.15, -0.1) is 0 Å². The van der Waals surface area contributed by atoms with E-state index in [2.05, 4.69) is 39.9 Å². The molecule has 1 N–H and O–H groups in total. The minimum Gasteiger partial charge on any atom is -0.388 e. The number of ketones is 2. The van der Waals surface area contributed by atoms with E-state index in [1.807, 2.05) is 0 Å². The quantitative estimate of drug-likeness (QED) is 0.348. The molecule has 21 heavy (non-hydrogen) atoms. The van der Waals surface area contributed by atoms with Crippen molar-refractivity contribution < 1.29 is 9.59 Å². The Balaban J connectivity index is 3.07. The van der Waals surface area contributed by atoms with Gasteiger partial charge in [0.1, 0.15) is 0 Å². The Morgan fingerprint density at radius 2 is 1.90 bits per heavy atom. The van der Waals surface area contributed by atoms with Gasteiger partial charge in [0.25, 0.3) is 0 Å². The topological polar surface area (TPSA) is 46.2 Å². The highest BCUT2D eigenvalue weighted by Crippen LogP contribution is 2.34. The van der Waals surface area contributed by atoms with Crippen LogP contribution >= 0.6 is 0 Å². The Morgan fingerprint density at radius 1 is 1.24 bits per heavy atom. The summed E-state index contributed by atoms with van der Waals surface area (Å²) in [7, 11) is 0. The van der Waals surface area contributed by atoms with Gasteiger partial charge in [-0.2, -0.15) is 0 Å². The fraction of sp³-hybridized carbons (Fsp3) is 0.778. The largest absolute Gasteiger partial charge is 0.388 e. The molecule has 0 aromatic carbocycles. The van der Waals surface area contributed by atoms with Crippen molar-refractivity contribution in [3.63, 3.8) is 0 Å². The molecule has 3 nitrogen and oxygen atoms in total. The van der Waals surface area contributed by atoms with E-state index < -0.39 is 0 Å². The van der Waals surface area contributed by atoms with Crippen molar-refractivity contribution in [3.05, 3.63) is 11.3 Å². The van der Waals surface area contributed by atoms with E-state index in [0.717, 1.165) is 37.9 Å². The molecule has 1 rings (SSSR count). The third-order valence-electron chi connectivity index (χ3n) is 4.01. The number of carbonyl (C=O) groups is 2. The van der Waals surface area contributed by atoms with E-state index in [1.54, 1.807) is 0 Å². The van der Waals surface area contributed by atoms with Crippen molar-refractivity contribution in [2.24, 2.45) is 11.3 Å². The Kier molecular flexibility index (Phi) is 6.63. The number of unbranched alkanes of at least 4 members (excludes halogenated alkanes) is 1. The van der Waals surface area contributed by atoms with E-state index in [0.29, 0.717) is 24.3 Å². The summed E-state index contributed by atoms with van der Waals surface area (Å²) in [5.41, 5.74) is 1.28. The first-order valence-electron chi connectivity index (χ1n) is 8.30. The van der Waals surface area contributed by atoms with Crippen LogP contribution in [0.4, 0.5) is 0 Å². The maximum atomic E-state index is 12.6. The normalized spacial score (nSPS) is 21.4. The molecule has 0 atom stereocenters. The molecule has 3 heteroatoms. The van der Waals surface area contributed by atoms with Crippen LogP contribution in [0.3, 0.4) is 0 Å². The highest BCUT2D eigenvalue weighted by atomic mass is 16.1. The summed E-state index contributed by atoms with van der Waals surface area (Å²) in [6, 6.07) is 0. The Morgan fingerprint density at radius 3 is 2.48 bits per heavy atom. The lowest BCUT2D eigenvalue weighted by Crippen LogP contribution is -2.24. The molecule has 0 saturated heterocycles. The standard InChI is InChI=1S/C18H31NO2/c1-6-7-10-19-14(11-13(2)3)17-15(20)8-9-18(4,5)12-16(17)21/h13,19H,6-12H2,1-5H3/b17-14-. The molecule has 0 unspecified atom stereocenters. The number of rotatable bonds is 6. The lowest BCUT2D eigenvalue weighted by Gasteiger charge is -2.20. The SMILES string of the molecule is CCCCN/C(CC(C)C)=C1/C(=O)CCC(C)(C)CC1=O. The number of hydrogen-bond donors (Lipinski definition) is 1. The van der Waals surface area contributed by atoms with Gasteiger partial charge in [0.2, 0.25) is 0 Å². The van der Waals surface area contributed by atoms with Gasteiger partial charge in [0.05, 0.1) is 5.57 Å². The maximum absolute atomic E-state index is 12.6. The predicted octanol–water partition coefficient (Wildman–Crippen LogP) is 4.02. The van der Waals surface area contributed by atoms with Crippen molar-refractivity contribution in [1.29, 1.82) is 0 Å². The Bertz CT molecular complexity index is 419. The Hall–Kier alpha value is -1.12. The van der Waals surface area contributed by atoms with E-state index in [4.69, 9.17) is 0 Å². The molecule has 1 fully saturated rings. The van der Waals surface area contributed by atoms with Crippen LogP contribution in [0.15, 0.2) is 11.3 Å². The number of carbonyl (C=O) groups excluding carboxylic acids is 2. The first-order chi connectivity index (χ1) is 9.76. The molecular formula is C18H31NO2. The first kappa shape index (κ1) is 17.9. The molecular weight excluding hydrogens is 262 g/mol. The minimum atomic E-state index is -0.0686. The van der Waals surface area contributed by atoms with Gasteiger partial charge in [-0.3, -0.25) is 9.59 Å². The third kappa shape index (κ3) is 5.64. The number of nitrogens with one attached hydrogen (secondary N) is 1. The van der Waals surface area contributed by atoms with E-state index in [1.165, 1.54) is 0 Å². The second-order valence-electron chi connectivity index (χ2n) is 7.42. The van der Waals surface area contributed by atoms with Gasteiger partial charge in [0.15, 0.2) is 11.6 Å². The summed E-state index contributed by atoms with van der Waals surface area (Å²) in [5, 5.41) is 3.38. The number of Topliss-reactive ketones (excluding diaryl/α,β-unsaturated/α-hetero) is 2. The zero-order chi connectivity index (χ0) is 16.0. The van der Waals surface area contributed by atoms with Gasteiger partial charge in [-0.25, -0.2) is 0 Å². The van der Waals surface area contributed by atoms with Crippen LogP contribution in [-0.4, -0.2) is 18.1 Å². The molecule has 0 aliphatic heterocycles. The van der Waals surface area contributed by atoms with Gasteiger partial charge < -0.3 is 5.32 Å². The zero-order valence-corrected chi connectivity index (χ0v) is 14.3. The monoisotopic (exact) mass is 293 g/mol. The summed E-state index contributed by atoms with van der Waals surface area (Å²) >= 11 is 0. The molecule has 1 saturated carbocycles. The molecule has 0 bridgehead atoms. The van der Waals surface area contributed by atoms with Crippen molar-refractivity contribution in [1.82, 2.24) is 5.32 Å². The van der Waals surface area contributed by atoms with Crippen molar-refractivity contribution in [3.8, 4) is 0 Å². The summed E-state index contributed by atoms with van der Waals surface area (Å²) in [4.78, 5) is 25.0. The molecule has 0 radical (unpaired) electrons. The van der Waals surface area contributed by atoms with Crippen LogP contribution in [0, 0.1) is 11.3 Å². The average Bonchev–Trinajstić information content (AvgIpc) is 2.44. The summed E-state index contributed by atoms with van der Waals surface area (Å²) in [5.74, 6) is 0.492. The van der Waals surface area contributed by atoms with Crippen LogP contribution in [-0.2, 0) is 9.59 Å². The maximum Gasteiger partial charge on any atom is 0.168 e. The van der Waals surface area contributed by atoms with Gasteiger partial charge in [0, 0.05) is 25.1 Å². The predicted molar refractivity (Wildman–Crippen MR) is 87.0 cm³/mol. The van der Waals surface area contributed by atoms with Gasteiger partial charge in [-0.05, 0) is 30.6 Å². The highest BCUT2D eigenvalue weighted by molar-refractivity contribution is 6.21. The lowest BCUT2D eigenvalue weighted by molar-refractivity contribution is -0.121. The highest BCUT2D eigenvalue weighted by Gasteiger charge is 2.33. The van der Waals surface area contributed by atoms with Crippen LogP contribution in [0.2, 0.25) is 0 Å². The smallest absolute Gasteiger partial charge is 0.168 e. The second-order valence-corrected chi connectivity index (χ2v) is 7.42. The van der Waals surface area contributed by atoms with Crippen molar-refractivity contribution in [2.75, 3.05) is 6.54 Å². The van der Waals surface area contributed by atoms with E-state index >= 15 is 0 Å². The molecule has 120 valence electrons. The Labute approximate surface area is 129 Å². The average molecular weight is 293 g/mol. The molecule has 1 aliphatic carbocycles. The molecule has 0 heterocycles. The van der Waals surface area contributed by atoms with Crippen molar-refractivity contribution in [2.45, 2.75) is 73.1 Å².